The molecule has 3 heterocycles. The van der Waals surface area contributed by atoms with Crippen molar-refractivity contribution in [2.45, 2.75) is 6.42 Å². The Kier molecular flexibility index (Phi) is 3.45. The van der Waals surface area contributed by atoms with Crippen molar-refractivity contribution in [2.75, 3.05) is 0 Å². The Morgan fingerprint density at radius 1 is 1.40 bits per heavy atom. The number of nitrogens with zero attached hydrogens (tertiary/aromatic N) is 1. The number of carboxylic acids is 1. The number of rotatable bonds is 3. The van der Waals surface area contributed by atoms with Crippen molar-refractivity contribution in [3.63, 3.8) is 0 Å². The summed E-state index contributed by atoms with van der Waals surface area (Å²) in [5.74, 6) is -0.511. The van der Waals surface area contributed by atoms with Crippen molar-refractivity contribution in [3.05, 3.63) is 47.9 Å². The molecule has 102 valence electrons. The van der Waals surface area contributed by atoms with Gasteiger partial charge in [0.2, 0.25) is 0 Å². The number of halogens is 1. The predicted molar refractivity (Wildman–Crippen MR) is 82.0 cm³/mol. The second-order valence-corrected chi connectivity index (χ2v) is 7.63. The van der Waals surface area contributed by atoms with Crippen LogP contribution < -0.4 is 5.56 Å². The van der Waals surface area contributed by atoms with Gasteiger partial charge in [-0.3, -0.25) is 4.79 Å². The van der Waals surface area contributed by atoms with Crippen LogP contribution in [0.4, 0.5) is 0 Å². The van der Waals surface area contributed by atoms with Gasteiger partial charge in [-0.1, -0.05) is 0 Å². The quantitative estimate of drug-likeness (QED) is 0.741. The normalized spacial score (nSPS) is 11.1. The fraction of sp³-hybridized carbons (Fsp3) is 0.0833. The Bertz CT molecular complexity index is 865. The van der Waals surface area contributed by atoms with E-state index in [4.69, 9.17) is 5.11 Å². The number of thiophene rings is 2. The van der Waals surface area contributed by atoms with E-state index in [9.17, 15) is 9.59 Å². The van der Waals surface area contributed by atoms with Gasteiger partial charge in [0.25, 0.3) is 5.56 Å². The maximum absolute atomic E-state index is 11.9. The first-order valence-electron chi connectivity index (χ1n) is 5.53. The standard InChI is InChI=1S/C12H7BrN2O3S2/c13-8-2-1-5(19-8)3-9-14-6-4-7(12(17)18)20-10(6)11(16)15-9/h1-2,4H,3H2,(H,17,18)(H,14,15,16). The van der Waals surface area contributed by atoms with Gasteiger partial charge < -0.3 is 10.1 Å². The van der Waals surface area contributed by atoms with Gasteiger partial charge in [-0.05, 0) is 34.1 Å². The minimum absolute atomic E-state index is 0.119. The average molecular weight is 371 g/mol. The molecule has 0 aromatic carbocycles. The molecular weight excluding hydrogens is 364 g/mol. The molecule has 0 bridgehead atoms. The van der Waals surface area contributed by atoms with E-state index in [2.05, 4.69) is 25.9 Å². The second kappa shape index (κ2) is 5.12. The number of H-pyrrole nitrogens is 1. The topological polar surface area (TPSA) is 83.0 Å². The third-order valence-electron chi connectivity index (χ3n) is 2.61. The van der Waals surface area contributed by atoms with Crippen molar-refractivity contribution in [3.8, 4) is 0 Å². The van der Waals surface area contributed by atoms with Crippen LogP contribution in [0.3, 0.4) is 0 Å². The van der Waals surface area contributed by atoms with Gasteiger partial charge >= 0.3 is 5.97 Å². The summed E-state index contributed by atoms with van der Waals surface area (Å²) in [7, 11) is 0. The lowest BCUT2D eigenvalue weighted by molar-refractivity contribution is 0.0702. The first-order valence-corrected chi connectivity index (χ1v) is 7.96. The molecule has 0 aliphatic heterocycles. The summed E-state index contributed by atoms with van der Waals surface area (Å²) in [5.41, 5.74) is 0.139. The van der Waals surface area contributed by atoms with Crippen LogP contribution in [0, 0.1) is 0 Å². The summed E-state index contributed by atoms with van der Waals surface area (Å²) in [5, 5.41) is 8.95. The Labute approximate surface area is 129 Å². The molecular formula is C12H7BrN2O3S2. The molecule has 0 aliphatic carbocycles. The van der Waals surface area contributed by atoms with Crippen LogP contribution in [0.15, 0.2) is 26.8 Å². The Hall–Kier alpha value is -1.51. The van der Waals surface area contributed by atoms with Gasteiger partial charge in [0.05, 0.1) is 9.30 Å². The van der Waals surface area contributed by atoms with Gasteiger partial charge in [-0.2, -0.15) is 0 Å². The van der Waals surface area contributed by atoms with Crippen LogP contribution in [-0.2, 0) is 6.42 Å². The summed E-state index contributed by atoms with van der Waals surface area (Å²) < 4.78 is 1.36. The van der Waals surface area contributed by atoms with Crippen LogP contribution in [-0.4, -0.2) is 21.0 Å². The summed E-state index contributed by atoms with van der Waals surface area (Å²) in [6, 6.07) is 5.32. The van der Waals surface area contributed by atoms with Gasteiger partial charge in [-0.15, -0.1) is 22.7 Å². The molecule has 0 fully saturated rings. The first-order chi connectivity index (χ1) is 9.52. The van der Waals surface area contributed by atoms with Crippen molar-refractivity contribution in [1.29, 1.82) is 0 Å². The first kappa shape index (κ1) is 13.5. The minimum atomic E-state index is -1.05. The molecule has 20 heavy (non-hydrogen) atoms. The maximum atomic E-state index is 11.9. The monoisotopic (exact) mass is 370 g/mol. The van der Waals surface area contributed by atoms with Gasteiger partial charge in [-0.25, -0.2) is 9.78 Å². The molecule has 0 saturated carbocycles. The summed E-state index contributed by atoms with van der Waals surface area (Å²) >= 11 is 5.89. The van der Waals surface area contributed by atoms with Crippen molar-refractivity contribution in [1.82, 2.24) is 9.97 Å². The third kappa shape index (κ3) is 2.54. The van der Waals surface area contributed by atoms with E-state index in [0.29, 0.717) is 22.5 Å². The highest BCUT2D eigenvalue weighted by Crippen LogP contribution is 2.25. The summed E-state index contributed by atoms with van der Waals surface area (Å²) in [4.78, 5) is 31.1. The van der Waals surface area contributed by atoms with Crippen molar-refractivity contribution >= 4 is 54.8 Å². The number of aromatic nitrogens is 2. The Morgan fingerprint density at radius 2 is 2.20 bits per heavy atom. The van der Waals surface area contributed by atoms with Crippen LogP contribution in [0.2, 0.25) is 0 Å². The average Bonchev–Trinajstić information content (AvgIpc) is 2.96. The SMILES string of the molecule is O=C(O)c1cc2nc(Cc3ccc(Br)s3)[nH]c(=O)c2s1. The van der Waals surface area contributed by atoms with Crippen LogP contribution >= 0.6 is 38.6 Å². The lowest BCUT2D eigenvalue weighted by Crippen LogP contribution is -2.10. The fourth-order valence-electron chi connectivity index (χ4n) is 1.79. The number of fused-ring (bicyclic) bond motifs is 1. The molecule has 8 heteroatoms. The zero-order valence-corrected chi connectivity index (χ0v) is 13.1. The van der Waals surface area contributed by atoms with E-state index >= 15 is 0 Å². The molecule has 3 aromatic heterocycles. The minimum Gasteiger partial charge on any atom is -0.477 e. The number of carbonyl (C=O) groups is 1. The molecule has 0 aliphatic rings. The van der Waals surface area contributed by atoms with Crippen LogP contribution in [0.5, 0.6) is 0 Å². The molecule has 5 nitrogen and oxygen atoms in total. The zero-order chi connectivity index (χ0) is 14.3. The molecule has 3 aromatic rings. The number of aromatic carboxylic acids is 1. The second-order valence-electron chi connectivity index (χ2n) is 4.03. The van der Waals surface area contributed by atoms with E-state index in [-0.39, 0.29) is 10.4 Å². The molecule has 2 N–H and O–H groups in total. The van der Waals surface area contributed by atoms with E-state index < -0.39 is 5.97 Å². The number of carboxylic acid groups (broad SMARTS) is 1. The van der Waals surface area contributed by atoms with Crippen molar-refractivity contribution in [2.24, 2.45) is 0 Å². The highest BCUT2D eigenvalue weighted by atomic mass is 79.9. The van der Waals surface area contributed by atoms with E-state index in [1.165, 1.54) is 6.07 Å². The Morgan fingerprint density at radius 3 is 2.85 bits per heavy atom. The third-order valence-corrected chi connectivity index (χ3v) is 5.35. The lowest BCUT2D eigenvalue weighted by atomic mass is 10.3. The van der Waals surface area contributed by atoms with E-state index in [1.807, 2.05) is 12.1 Å². The number of hydrogen-bond donors (Lipinski definition) is 2. The number of nitrogens with one attached hydrogen (secondary N) is 1. The molecule has 0 radical (unpaired) electrons. The van der Waals surface area contributed by atoms with Gasteiger partial charge in [0.15, 0.2) is 0 Å². The predicted octanol–water partition coefficient (Wildman–Crippen LogP) is 3.10. The molecule has 3 rings (SSSR count). The lowest BCUT2D eigenvalue weighted by Gasteiger charge is -1.98. The van der Waals surface area contributed by atoms with Crippen LogP contribution in [0.1, 0.15) is 20.4 Å². The zero-order valence-electron chi connectivity index (χ0n) is 9.84. The molecule has 0 spiro atoms. The van der Waals surface area contributed by atoms with E-state index in [0.717, 1.165) is 20.0 Å². The molecule has 0 amide bonds. The number of aromatic amines is 1. The van der Waals surface area contributed by atoms with Gasteiger partial charge in [0, 0.05) is 11.3 Å². The largest absolute Gasteiger partial charge is 0.477 e. The fourth-order valence-corrected chi connectivity index (χ4v) is 4.11. The number of hydrogen-bond acceptors (Lipinski definition) is 5. The van der Waals surface area contributed by atoms with E-state index in [1.54, 1.807) is 11.3 Å². The summed E-state index contributed by atoms with van der Waals surface area (Å²) in [6.07, 6.45) is 0.514. The highest BCUT2D eigenvalue weighted by molar-refractivity contribution is 9.11. The molecule has 0 unspecified atom stereocenters. The molecule has 0 saturated heterocycles. The van der Waals surface area contributed by atoms with Gasteiger partial charge in [0.1, 0.15) is 15.4 Å². The molecule has 0 atom stereocenters. The van der Waals surface area contributed by atoms with Crippen LogP contribution in [0.25, 0.3) is 10.2 Å². The van der Waals surface area contributed by atoms with Crippen molar-refractivity contribution < 1.29 is 9.90 Å². The summed E-state index contributed by atoms with van der Waals surface area (Å²) in [6.45, 7) is 0. The Balaban J connectivity index is 2.04. The smallest absolute Gasteiger partial charge is 0.345 e. The maximum Gasteiger partial charge on any atom is 0.345 e. The highest BCUT2D eigenvalue weighted by Gasteiger charge is 2.13.